The van der Waals surface area contributed by atoms with Crippen LogP contribution in [0.4, 0.5) is 5.82 Å². The zero-order chi connectivity index (χ0) is 17.6. The first-order valence-electron chi connectivity index (χ1n) is 9.30. The number of anilines is 1. The van der Waals surface area contributed by atoms with Crippen molar-refractivity contribution < 1.29 is 9.59 Å². The second-order valence-corrected chi connectivity index (χ2v) is 6.72. The van der Waals surface area contributed by atoms with Gasteiger partial charge >= 0.3 is 0 Å². The first-order valence-corrected chi connectivity index (χ1v) is 9.30. The maximum Gasteiger partial charge on any atom is 0.245 e. The van der Waals surface area contributed by atoms with Gasteiger partial charge in [0, 0.05) is 51.5 Å². The zero-order valence-electron chi connectivity index (χ0n) is 14.9. The van der Waals surface area contributed by atoms with Crippen molar-refractivity contribution in [3.63, 3.8) is 0 Å². The van der Waals surface area contributed by atoms with Gasteiger partial charge in [-0.3, -0.25) is 14.6 Å². The maximum atomic E-state index is 13.0. The van der Waals surface area contributed by atoms with Crippen LogP contribution in [-0.2, 0) is 9.59 Å². The minimum absolute atomic E-state index is 0.114. The lowest BCUT2D eigenvalue weighted by molar-refractivity contribution is -0.148. The minimum atomic E-state index is -0.268. The normalized spacial score (nSPS) is 21.3. The fourth-order valence-corrected chi connectivity index (χ4v) is 3.67. The van der Waals surface area contributed by atoms with Gasteiger partial charge in [0.25, 0.3) is 0 Å². The van der Waals surface area contributed by atoms with Crippen molar-refractivity contribution in [1.29, 1.82) is 0 Å². The number of amides is 2. The van der Waals surface area contributed by atoms with Gasteiger partial charge in [-0.25, -0.2) is 4.98 Å². The van der Waals surface area contributed by atoms with Crippen molar-refractivity contribution in [2.75, 3.05) is 37.6 Å². The van der Waals surface area contributed by atoms with Crippen LogP contribution in [-0.4, -0.2) is 70.3 Å². The number of rotatable bonds is 4. The predicted molar refractivity (Wildman–Crippen MR) is 95.1 cm³/mol. The van der Waals surface area contributed by atoms with Crippen molar-refractivity contribution >= 4 is 17.6 Å². The van der Waals surface area contributed by atoms with Gasteiger partial charge < -0.3 is 14.7 Å². The van der Waals surface area contributed by atoms with Crippen LogP contribution in [0.3, 0.4) is 0 Å². The molecule has 2 aliphatic heterocycles. The minimum Gasteiger partial charge on any atom is -0.352 e. The molecule has 2 aliphatic rings. The maximum absolute atomic E-state index is 13.0. The van der Waals surface area contributed by atoms with Crippen LogP contribution in [0.2, 0.25) is 0 Å². The summed E-state index contributed by atoms with van der Waals surface area (Å²) in [6.07, 6.45) is 9.27. The average Bonchev–Trinajstić information content (AvgIpc) is 2.68. The third-order valence-electron chi connectivity index (χ3n) is 5.04. The molecular formula is C18H27N5O2. The van der Waals surface area contributed by atoms with E-state index in [1.54, 1.807) is 18.6 Å². The van der Waals surface area contributed by atoms with Crippen LogP contribution < -0.4 is 4.90 Å². The summed E-state index contributed by atoms with van der Waals surface area (Å²) in [7, 11) is 0. The number of carbonyl (C=O) groups excluding carboxylic acids is 2. The Morgan fingerprint density at radius 2 is 1.92 bits per heavy atom. The second kappa shape index (κ2) is 8.27. The summed E-state index contributed by atoms with van der Waals surface area (Å²) in [4.78, 5) is 39.7. The van der Waals surface area contributed by atoms with Crippen molar-refractivity contribution in [1.82, 2.24) is 19.8 Å². The topological polar surface area (TPSA) is 69.6 Å². The fourth-order valence-electron chi connectivity index (χ4n) is 3.67. The third kappa shape index (κ3) is 4.08. The Labute approximate surface area is 149 Å². The molecule has 7 nitrogen and oxygen atoms in total. The lowest BCUT2D eigenvalue weighted by Gasteiger charge is -2.41. The van der Waals surface area contributed by atoms with Crippen LogP contribution in [0, 0.1) is 0 Å². The smallest absolute Gasteiger partial charge is 0.245 e. The number of aromatic nitrogens is 2. The van der Waals surface area contributed by atoms with Crippen molar-refractivity contribution in [3.05, 3.63) is 18.6 Å². The quantitative estimate of drug-likeness (QED) is 0.823. The molecule has 2 fully saturated rings. The molecule has 0 aromatic carbocycles. The molecule has 1 atom stereocenters. The molecule has 7 heteroatoms. The SMILES string of the molecule is CCCC(=O)N1CCCC[C@@H]1C(=O)N1CCN(c2cnccn2)CC1. The Kier molecular flexibility index (Phi) is 5.83. The average molecular weight is 345 g/mol. The molecule has 2 saturated heterocycles. The van der Waals surface area contributed by atoms with Gasteiger partial charge in [-0.2, -0.15) is 0 Å². The molecule has 2 amide bonds. The number of nitrogens with zero attached hydrogens (tertiary/aromatic N) is 5. The van der Waals surface area contributed by atoms with E-state index in [4.69, 9.17) is 0 Å². The van der Waals surface area contributed by atoms with E-state index in [-0.39, 0.29) is 17.9 Å². The molecule has 3 rings (SSSR count). The van der Waals surface area contributed by atoms with E-state index in [9.17, 15) is 9.59 Å². The molecule has 3 heterocycles. The van der Waals surface area contributed by atoms with E-state index in [0.717, 1.165) is 51.1 Å². The van der Waals surface area contributed by atoms with Gasteiger partial charge in [0.2, 0.25) is 11.8 Å². The fraction of sp³-hybridized carbons (Fsp3) is 0.667. The van der Waals surface area contributed by atoms with Crippen LogP contribution in [0.1, 0.15) is 39.0 Å². The number of piperazine rings is 1. The van der Waals surface area contributed by atoms with E-state index in [0.29, 0.717) is 19.5 Å². The second-order valence-electron chi connectivity index (χ2n) is 6.72. The molecule has 0 spiro atoms. The van der Waals surface area contributed by atoms with Crippen molar-refractivity contribution in [2.24, 2.45) is 0 Å². The lowest BCUT2D eigenvalue weighted by Crippen LogP contribution is -2.57. The van der Waals surface area contributed by atoms with Crippen molar-refractivity contribution in [2.45, 2.75) is 45.1 Å². The predicted octanol–water partition coefficient (Wildman–Crippen LogP) is 1.31. The number of hydrogen-bond acceptors (Lipinski definition) is 5. The summed E-state index contributed by atoms with van der Waals surface area (Å²) >= 11 is 0. The largest absolute Gasteiger partial charge is 0.352 e. The molecule has 0 radical (unpaired) electrons. The summed E-state index contributed by atoms with van der Waals surface area (Å²) < 4.78 is 0. The Bertz CT molecular complexity index is 586. The molecule has 1 aromatic heterocycles. The van der Waals surface area contributed by atoms with Gasteiger partial charge in [0.05, 0.1) is 6.20 Å². The first-order chi connectivity index (χ1) is 12.2. The summed E-state index contributed by atoms with van der Waals surface area (Å²) in [6, 6.07) is -0.268. The standard InChI is InChI=1S/C18H27N5O2/c1-2-5-17(24)23-9-4-3-6-15(23)18(25)22-12-10-21(11-13-22)16-14-19-7-8-20-16/h7-8,14-15H,2-6,9-13H2,1H3/t15-/m1/s1. The van der Waals surface area contributed by atoms with Gasteiger partial charge in [-0.15, -0.1) is 0 Å². The van der Waals surface area contributed by atoms with Gasteiger partial charge in [-0.05, 0) is 25.7 Å². The Hall–Kier alpha value is -2.18. The van der Waals surface area contributed by atoms with E-state index >= 15 is 0 Å². The van der Waals surface area contributed by atoms with E-state index in [2.05, 4.69) is 14.9 Å². The summed E-state index contributed by atoms with van der Waals surface area (Å²) in [5.74, 6) is 1.09. The molecule has 0 bridgehead atoms. The first kappa shape index (κ1) is 17.6. The highest BCUT2D eigenvalue weighted by molar-refractivity contribution is 5.88. The van der Waals surface area contributed by atoms with E-state index < -0.39 is 0 Å². The Morgan fingerprint density at radius 1 is 1.12 bits per heavy atom. The highest BCUT2D eigenvalue weighted by atomic mass is 16.2. The van der Waals surface area contributed by atoms with Gasteiger partial charge in [0.1, 0.15) is 11.9 Å². The van der Waals surface area contributed by atoms with Crippen LogP contribution in [0.25, 0.3) is 0 Å². The zero-order valence-corrected chi connectivity index (χ0v) is 14.9. The van der Waals surface area contributed by atoms with E-state index in [1.807, 2.05) is 16.7 Å². The lowest BCUT2D eigenvalue weighted by atomic mass is 9.99. The molecule has 0 saturated carbocycles. The van der Waals surface area contributed by atoms with Crippen LogP contribution in [0.5, 0.6) is 0 Å². The monoisotopic (exact) mass is 345 g/mol. The third-order valence-corrected chi connectivity index (χ3v) is 5.04. The highest BCUT2D eigenvalue weighted by Crippen LogP contribution is 2.21. The molecule has 0 unspecified atom stereocenters. The van der Waals surface area contributed by atoms with Crippen molar-refractivity contribution in [3.8, 4) is 0 Å². The molecule has 25 heavy (non-hydrogen) atoms. The van der Waals surface area contributed by atoms with Crippen LogP contribution >= 0.6 is 0 Å². The molecule has 1 aromatic rings. The molecule has 0 N–H and O–H groups in total. The van der Waals surface area contributed by atoms with Crippen LogP contribution in [0.15, 0.2) is 18.6 Å². The number of piperidine rings is 1. The molecule has 0 aliphatic carbocycles. The molecular weight excluding hydrogens is 318 g/mol. The number of carbonyl (C=O) groups is 2. The van der Waals surface area contributed by atoms with E-state index in [1.165, 1.54) is 0 Å². The highest BCUT2D eigenvalue weighted by Gasteiger charge is 2.35. The number of hydrogen-bond donors (Lipinski definition) is 0. The summed E-state index contributed by atoms with van der Waals surface area (Å²) in [5.41, 5.74) is 0. The molecule has 136 valence electrons. The summed E-state index contributed by atoms with van der Waals surface area (Å²) in [5, 5.41) is 0. The van der Waals surface area contributed by atoms with Gasteiger partial charge in [-0.1, -0.05) is 6.92 Å². The summed E-state index contributed by atoms with van der Waals surface area (Å²) in [6.45, 7) is 5.56. The Morgan fingerprint density at radius 3 is 2.60 bits per heavy atom. The number of likely N-dealkylation sites (tertiary alicyclic amines) is 1. The van der Waals surface area contributed by atoms with Gasteiger partial charge in [0.15, 0.2) is 0 Å². The Balaban J connectivity index is 1.60.